The van der Waals surface area contributed by atoms with Crippen LogP contribution in [0.1, 0.15) is 18.2 Å². The van der Waals surface area contributed by atoms with Gasteiger partial charge in [0.25, 0.3) is 0 Å². The first-order chi connectivity index (χ1) is 9.65. The Morgan fingerprint density at radius 1 is 1.38 bits per heavy atom. The second-order valence-electron chi connectivity index (χ2n) is 5.60. The Kier molecular flexibility index (Phi) is 5.44. The molecule has 1 fully saturated rings. The molecular weight excluding hydrogens is 305 g/mol. The third kappa shape index (κ3) is 3.49. The molecule has 2 heterocycles. The molecule has 1 N–H and O–H groups in total. The van der Waals surface area contributed by atoms with Crippen molar-refractivity contribution in [2.45, 2.75) is 26.4 Å². The van der Waals surface area contributed by atoms with Crippen molar-refractivity contribution in [3.8, 4) is 0 Å². The normalized spacial score (nSPS) is 19.5. The van der Waals surface area contributed by atoms with E-state index in [2.05, 4.69) is 36.2 Å². The fourth-order valence-corrected chi connectivity index (χ4v) is 3.09. The first-order valence-corrected chi connectivity index (χ1v) is 7.52. The molecule has 1 aromatic heterocycles. The standard InChI is InChI=1S/C16H20ClN3.ClH/c1-11-9-20(8-7-18-11)10-15-16(17)12(2)13-5-3-4-6-14(13)19-15;/h3-6,11,18H,7-10H2,1-2H3;1H/t11-;/m1./s1. The number of hydrogen-bond donors (Lipinski definition) is 1. The highest BCUT2D eigenvalue weighted by Crippen LogP contribution is 2.27. The molecule has 1 atom stereocenters. The van der Waals surface area contributed by atoms with Gasteiger partial charge in [0.05, 0.1) is 16.2 Å². The lowest BCUT2D eigenvalue weighted by atomic mass is 10.1. The van der Waals surface area contributed by atoms with Gasteiger partial charge in [-0.25, -0.2) is 4.98 Å². The zero-order chi connectivity index (χ0) is 14.1. The van der Waals surface area contributed by atoms with E-state index in [1.54, 1.807) is 0 Å². The summed E-state index contributed by atoms with van der Waals surface area (Å²) in [6.45, 7) is 8.25. The lowest BCUT2D eigenvalue weighted by Crippen LogP contribution is -2.48. The zero-order valence-electron chi connectivity index (χ0n) is 12.4. The van der Waals surface area contributed by atoms with Gasteiger partial charge >= 0.3 is 0 Å². The van der Waals surface area contributed by atoms with E-state index in [1.807, 2.05) is 12.1 Å². The summed E-state index contributed by atoms with van der Waals surface area (Å²) in [5.41, 5.74) is 3.17. The number of aromatic nitrogens is 1. The van der Waals surface area contributed by atoms with Gasteiger partial charge in [-0.15, -0.1) is 12.4 Å². The maximum Gasteiger partial charge on any atom is 0.0740 e. The monoisotopic (exact) mass is 325 g/mol. The molecule has 0 bridgehead atoms. The molecule has 0 saturated carbocycles. The van der Waals surface area contributed by atoms with Gasteiger partial charge in [0.1, 0.15) is 0 Å². The summed E-state index contributed by atoms with van der Waals surface area (Å²) in [4.78, 5) is 7.18. The van der Waals surface area contributed by atoms with Crippen LogP contribution < -0.4 is 5.32 Å². The number of piperazine rings is 1. The molecule has 1 saturated heterocycles. The Morgan fingerprint density at radius 3 is 2.90 bits per heavy atom. The number of benzene rings is 1. The Balaban J connectivity index is 0.00000161. The van der Waals surface area contributed by atoms with Crippen LogP contribution in [-0.2, 0) is 6.54 Å². The summed E-state index contributed by atoms with van der Waals surface area (Å²) >= 11 is 6.52. The predicted octanol–water partition coefficient (Wildman–Crippen LogP) is 3.41. The number of aryl methyl sites for hydroxylation is 1. The number of rotatable bonds is 2. The Morgan fingerprint density at radius 2 is 2.14 bits per heavy atom. The first kappa shape index (κ1) is 16.5. The van der Waals surface area contributed by atoms with Crippen molar-refractivity contribution >= 4 is 34.9 Å². The van der Waals surface area contributed by atoms with Crippen LogP contribution in [0.25, 0.3) is 10.9 Å². The van der Waals surface area contributed by atoms with Gasteiger partial charge in [0, 0.05) is 37.6 Å². The van der Waals surface area contributed by atoms with E-state index >= 15 is 0 Å². The Labute approximate surface area is 137 Å². The third-order valence-corrected chi connectivity index (χ3v) is 4.47. The molecule has 1 aromatic carbocycles. The lowest BCUT2D eigenvalue weighted by molar-refractivity contribution is 0.198. The number of para-hydroxylation sites is 1. The van der Waals surface area contributed by atoms with E-state index in [0.717, 1.165) is 53.4 Å². The molecule has 0 amide bonds. The molecule has 114 valence electrons. The van der Waals surface area contributed by atoms with Crippen molar-refractivity contribution < 1.29 is 0 Å². The summed E-state index contributed by atoms with van der Waals surface area (Å²) in [5, 5.41) is 5.42. The smallest absolute Gasteiger partial charge is 0.0740 e. The molecular formula is C16H21Cl2N3. The number of pyridine rings is 1. The van der Waals surface area contributed by atoms with Crippen LogP contribution in [0.15, 0.2) is 24.3 Å². The van der Waals surface area contributed by atoms with Gasteiger partial charge in [-0.2, -0.15) is 0 Å². The highest BCUT2D eigenvalue weighted by molar-refractivity contribution is 6.32. The molecule has 1 aliphatic rings. The van der Waals surface area contributed by atoms with Gasteiger partial charge in [-0.05, 0) is 25.5 Å². The number of hydrogen-bond acceptors (Lipinski definition) is 3. The van der Waals surface area contributed by atoms with Gasteiger partial charge in [-0.3, -0.25) is 4.90 Å². The van der Waals surface area contributed by atoms with Crippen molar-refractivity contribution in [2.24, 2.45) is 0 Å². The van der Waals surface area contributed by atoms with Gasteiger partial charge in [0.15, 0.2) is 0 Å². The third-order valence-electron chi connectivity index (χ3n) is 3.97. The second kappa shape index (κ2) is 6.93. The number of halogens is 2. The Hall–Kier alpha value is -0.870. The SMILES string of the molecule is Cc1c(Cl)c(CN2CCN[C@H](C)C2)nc2ccccc12.Cl. The highest BCUT2D eigenvalue weighted by Gasteiger charge is 2.18. The van der Waals surface area contributed by atoms with E-state index in [4.69, 9.17) is 16.6 Å². The first-order valence-electron chi connectivity index (χ1n) is 7.14. The summed E-state index contributed by atoms with van der Waals surface area (Å²) < 4.78 is 0. The predicted molar refractivity (Wildman–Crippen MR) is 91.5 cm³/mol. The molecule has 5 heteroatoms. The van der Waals surface area contributed by atoms with E-state index < -0.39 is 0 Å². The highest BCUT2D eigenvalue weighted by atomic mass is 35.5. The van der Waals surface area contributed by atoms with Crippen LogP contribution in [0.2, 0.25) is 5.02 Å². The maximum absolute atomic E-state index is 6.52. The number of nitrogens with one attached hydrogen (secondary N) is 1. The second-order valence-corrected chi connectivity index (χ2v) is 5.98. The summed E-state index contributed by atoms with van der Waals surface area (Å²) in [6.07, 6.45) is 0. The quantitative estimate of drug-likeness (QED) is 0.917. The largest absolute Gasteiger partial charge is 0.312 e. The molecule has 0 aliphatic carbocycles. The maximum atomic E-state index is 6.52. The molecule has 0 radical (unpaired) electrons. The molecule has 1 aliphatic heterocycles. The van der Waals surface area contributed by atoms with E-state index in [9.17, 15) is 0 Å². The topological polar surface area (TPSA) is 28.2 Å². The number of fused-ring (bicyclic) bond motifs is 1. The average molecular weight is 326 g/mol. The summed E-state index contributed by atoms with van der Waals surface area (Å²) in [6, 6.07) is 8.73. The summed E-state index contributed by atoms with van der Waals surface area (Å²) in [7, 11) is 0. The van der Waals surface area contributed by atoms with E-state index in [1.165, 1.54) is 0 Å². The van der Waals surface area contributed by atoms with E-state index in [-0.39, 0.29) is 12.4 Å². The van der Waals surface area contributed by atoms with Crippen molar-refractivity contribution in [1.29, 1.82) is 0 Å². The van der Waals surface area contributed by atoms with Crippen molar-refractivity contribution in [3.63, 3.8) is 0 Å². The van der Waals surface area contributed by atoms with Gasteiger partial charge in [0.2, 0.25) is 0 Å². The summed E-state index contributed by atoms with van der Waals surface area (Å²) in [5.74, 6) is 0. The minimum atomic E-state index is 0. The van der Waals surface area contributed by atoms with Crippen LogP contribution in [0.5, 0.6) is 0 Å². The Bertz CT molecular complexity index is 630. The zero-order valence-corrected chi connectivity index (χ0v) is 14.0. The molecule has 0 spiro atoms. The van der Waals surface area contributed by atoms with Crippen molar-refractivity contribution in [1.82, 2.24) is 15.2 Å². The van der Waals surface area contributed by atoms with Crippen LogP contribution >= 0.6 is 24.0 Å². The van der Waals surface area contributed by atoms with Crippen LogP contribution in [0.3, 0.4) is 0 Å². The molecule has 3 rings (SSSR count). The lowest BCUT2D eigenvalue weighted by Gasteiger charge is -2.31. The molecule has 3 nitrogen and oxygen atoms in total. The van der Waals surface area contributed by atoms with Gasteiger partial charge in [-0.1, -0.05) is 29.8 Å². The van der Waals surface area contributed by atoms with Crippen LogP contribution in [-0.4, -0.2) is 35.6 Å². The number of nitrogens with zero attached hydrogens (tertiary/aromatic N) is 2. The molecule has 0 unspecified atom stereocenters. The van der Waals surface area contributed by atoms with Crippen LogP contribution in [0, 0.1) is 6.92 Å². The van der Waals surface area contributed by atoms with Crippen LogP contribution in [0.4, 0.5) is 0 Å². The minimum absolute atomic E-state index is 0. The molecule has 2 aromatic rings. The molecule has 21 heavy (non-hydrogen) atoms. The fraction of sp³-hybridized carbons (Fsp3) is 0.438. The van der Waals surface area contributed by atoms with Crippen molar-refractivity contribution in [3.05, 3.63) is 40.5 Å². The fourth-order valence-electron chi connectivity index (χ4n) is 2.89. The minimum Gasteiger partial charge on any atom is -0.312 e. The van der Waals surface area contributed by atoms with Crippen molar-refractivity contribution in [2.75, 3.05) is 19.6 Å². The van der Waals surface area contributed by atoms with E-state index in [0.29, 0.717) is 6.04 Å². The van der Waals surface area contributed by atoms with Gasteiger partial charge < -0.3 is 5.32 Å². The average Bonchev–Trinajstić information content (AvgIpc) is 2.45.